The van der Waals surface area contributed by atoms with Crippen molar-refractivity contribution in [3.8, 4) is 11.5 Å². The molecular weight excluding hydrogens is 264 g/mol. The smallest absolute Gasteiger partial charge is 0.122 e. The Labute approximate surface area is 129 Å². The lowest BCUT2D eigenvalue weighted by Gasteiger charge is -2.31. The Hall–Kier alpha value is -1.26. The molecule has 0 atom stereocenters. The van der Waals surface area contributed by atoms with Crippen LogP contribution < -0.4 is 15.2 Å². The van der Waals surface area contributed by atoms with Gasteiger partial charge < -0.3 is 15.2 Å². The van der Waals surface area contributed by atoms with Crippen molar-refractivity contribution in [2.24, 2.45) is 11.1 Å². The van der Waals surface area contributed by atoms with Crippen molar-refractivity contribution in [1.29, 1.82) is 0 Å². The highest BCUT2D eigenvalue weighted by Gasteiger charge is 2.20. The Balaban J connectivity index is 2.87. The van der Waals surface area contributed by atoms with Crippen LogP contribution >= 0.6 is 0 Å². The van der Waals surface area contributed by atoms with Crippen LogP contribution in [0.15, 0.2) is 18.2 Å². The van der Waals surface area contributed by atoms with E-state index in [0.29, 0.717) is 6.54 Å². The molecule has 4 heteroatoms. The van der Waals surface area contributed by atoms with Crippen LogP contribution in [-0.4, -0.2) is 38.8 Å². The summed E-state index contributed by atoms with van der Waals surface area (Å²) in [4.78, 5) is 2.45. The van der Waals surface area contributed by atoms with Gasteiger partial charge in [0.15, 0.2) is 0 Å². The fraction of sp³-hybridized carbons (Fsp3) is 0.647. The highest BCUT2D eigenvalue weighted by molar-refractivity contribution is 5.38. The second-order valence-corrected chi connectivity index (χ2v) is 6.30. The topological polar surface area (TPSA) is 47.7 Å². The van der Waals surface area contributed by atoms with Crippen molar-refractivity contribution in [3.63, 3.8) is 0 Å². The zero-order valence-electron chi connectivity index (χ0n) is 14.1. The lowest BCUT2D eigenvalue weighted by Crippen LogP contribution is -2.38. The third-order valence-electron chi connectivity index (χ3n) is 3.56. The zero-order valence-corrected chi connectivity index (χ0v) is 14.1. The van der Waals surface area contributed by atoms with Gasteiger partial charge in [-0.3, -0.25) is 4.90 Å². The lowest BCUT2D eigenvalue weighted by molar-refractivity contribution is 0.175. The quantitative estimate of drug-likeness (QED) is 0.761. The van der Waals surface area contributed by atoms with E-state index in [1.807, 2.05) is 6.07 Å². The molecule has 120 valence electrons. The maximum atomic E-state index is 5.87. The van der Waals surface area contributed by atoms with E-state index in [1.54, 1.807) is 14.2 Å². The molecule has 0 amide bonds. The molecule has 2 N–H and O–H groups in total. The summed E-state index contributed by atoms with van der Waals surface area (Å²) in [6.45, 7) is 10.2. The van der Waals surface area contributed by atoms with Crippen LogP contribution in [0.25, 0.3) is 0 Å². The molecule has 0 aromatic heterocycles. The fourth-order valence-corrected chi connectivity index (χ4v) is 2.42. The summed E-state index contributed by atoms with van der Waals surface area (Å²) in [7, 11) is 3.36. The van der Waals surface area contributed by atoms with Gasteiger partial charge in [-0.1, -0.05) is 20.8 Å². The minimum absolute atomic E-state index is 0.123. The molecule has 4 nitrogen and oxygen atoms in total. The van der Waals surface area contributed by atoms with E-state index >= 15 is 0 Å². The molecule has 0 fully saturated rings. The zero-order chi connectivity index (χ0) is 15.9. The number of methoxy groups -OCH3 is 2. The number of rotatable bonds is 9. The standard InChI is InChI=1S/C17H30N2O2/c1-6-7-19(13-17(2,3)12-18)11-14-8-15(20-4)10-16(9-14)21-5/h8-10H,6-7,11-13,18H2,1-5H3. The Bertz CT molecular complexity index is 411. The van der Waals surface area contributed by atoms with Gasteiger partial charge in [-0.25, -0.2) is 0 Å². The van der Waals surface area contributed by atoms with Crippen LogP contribution in [0.3, 0.4) is 0 Å². The summed E-state index contributed by atoms with van der Waals surface area (Å²) < 4.78 is 10.7. The Morgan fingerprint density at radius 2 is 1.67 bits per heavy atom. The van der Waals surface area contributed by atoms with Crippen LogP contribution in [0.4, 0.5) is 0 Å². The maximum absolute atomic E-state index is 5.87. The Morgan fingerprint density at radius 3 is 2.10 bits per heavy atom. The molecule has 0 radical (unpaired) electrons. The normalized spacial score (nSPS) is 11.8. The summed E-state index contributed by atoms with van der Waals surface area (Å²) in [5.74, 6) is 1.66. The molecule has 0 heterocycles. The molecule has 0 saturated heterocycles. The van der Waals surface area contributed by atoms with E-state index in [-0.39, 0.29) is 5.41 Å². The van der Waals surface area contributed by atoms with Gasteiger partial charge >= 0.3 is 0 Å². The minimum Gasteiger partial charge on any atom is -0.497 e. The summed E-state index contributed by atoms with van der Waals surface area (Å²) in [6, 6.07) is 6.04. The molecule has 21 heavy (non-hydrogen) atoms. The van der Waals surface area contributed by atoms with Crippen LogP contribution in [0.5, 0.6) is 11.5 Å². The number of nitrogens with zero attached hydrogens (tertiary/aromatic N) is 1. The van der Waals surface area contributed by atoms with Crippen molar-refractivity contribution in [2.45, 2.75) is 33.7 Å². The largest absolute Gasteiger partial charge is 0.497 e. The number of nitrogens with two attached hydrogens (primary N) is 1. The van der Waals surface area contributed by atoms with Crippen LogP contribution in [0, 0.1) is 5.41 Å². The van der Waals surface area contributed by atoms with Gasteiger partial charge in [0, 0.05) is 19.2 Å². The van der Waals surface area contributed by atoms with E-state index < -0.39 is 0 Å². The maximum Gasteiger partial charge on any atom is 0.122 e. The van der Waals surface area contributed by atoms with E-state index in [1.165, 1.54) is 5.56 Å². The van der Waals surface area contributed by atoms with Crippen LogP contribution in [0.1, 0.15) is 32.8 Å². The molecule has 0 aliphatic carbocycles. The monoisotopic (exact) mass is 294 g/mol. The van der Waals surface area contributed by atoms with Crippen molar-refractivity contribution in [2.75, 3.05) is 33.9 Å². The van der Waals surface area contributed by atoms with Crippen LogP contribution in [-0.2, 0) is 6.54 Å². The SMILES string of the molecule is CCCN(Cc1cc(OC)cc(OC)c1)CC(C)(C)CN. The second-order valence-electron chi connectivity index (χ2n) is 6.30. The van der Waals surface area contributed by atoms with E-state index in [0.717, 1.165) is 37.6 Å². The van der Waals surface area contributed by atoms with E-state index in [9.17, 15) is 0 Å². The molecule has 1 aromatic rings. The molecule has 0 unspecified atom stereocenters. The first-order chi connectivity index (χ1) is 9.93. The third-order valence-corrected chi connectivity index (χ3v) is 3.56. The predicted molar refractivity (Wildman–Crippen MR) is 87.9 cm³/mol. The fourth-order valence-electron chi connectivity index (χ4n) is 2.42. The van der Waals surface area contributed by atoms with Gasteiger partial charge in [-0.15, -0.1) is 0 Å². The molecule has 0 saturated carbocycles. The Morgan fingerprint density at radius 1 is 1.10 bits per heavy atom. The Kier molecular flexibility index (Phi) is 6.99. The first-order valence-corrected chi connectivity index (χ1v) is 7.58. The number of ether oxygens (including phenoxy) is 2. The van der Waals surface area contributed by atoms with Crippen LogP contribution in [0.2, 0.25) is 0 Å². The first kappa shape index (κ1) is 17.8. The molecule has 1 rings (SSSR count). The average Bonchev–Trinajstić information content (AvgIpc) is 2.46. The highest BCUT2D eigenvalue weighted by Crippen LogP contribution is 2.24. The first-order valence-electron chi connectivity index (χ1n) is 7.58. The number of hydrogen-bond acceptors (Lipinski definition) is 4. The average molecular weight is 294 g/mol. The van der Waals surface area contributed by atoms with Gasteiger partial charge in [0.25, 0.3) is 0 Å². The van der Waals surface area contributed by atoms with Crippen molar-refractivity contribution in [1.82, 2.24) is 4.90 Å². The molecule has 0 spiro atoms. The summed E-state index contributed by atoms with van der Waals surface area (Å²) >= 11 is 0. The van der Waals surface area contributed by atoms with Gasteiger partial charge in [0.1, 0.15) is 11.5 Å². The molecule has 0 aliphatic heterocycles. The second kappa shape index (κ2) is 8.25. The van der Waals surface area contributed by atoms with Gasteiger partial charge in [0.05, 0.1) is 14.2 Å². The number of hydrogen-bond donors (Lipinski definition) is 1. The van der Waals surface area contributed by atoms with Gasteiger partial charge in [0.2, 0.25) is 0 Å². The third kappa shape index (κ3) is 5.94. The molecular formula is C17H30N2O2. The minimum atomic E-state index is 0.123. The lowest BCUT2D eigenvalue weighted by atomic mass is 9.93. The molecule has 1 aromatic carbocycles. The van der Waals surface area contributed by atoms with Crippen molar-refractivity contribution < 1.29 is 9.47 Å². The van der Waals surface area contributed by atoms with Gasteiger partial charge in [-0.2, -0.15) is 0 Å². The molecule has 0 bridgehead atoms. The number of benzene rings is 1. The van der Waals surface area contributed by atoms with Crippen molar-refractivity contribution >= 4 is 0 Å². The van der Waals surface area contributed by atoms with E-state index in [4.69, 9.17) is 15.2 Å². The van der Waals surface area contributed by atoms with Gasteiger partial charge in [-0.05, 0) is 42.6 Å². The summed E-state index contributed by atoms with van der Waals surface area (Å²) in [6.07, 6.45) is 1.13. The summed E-state index contributed by atoms with van der Waals surface area (Å²) in [5.41, 5.74) is 7.19. The predicted octanol–water partition coefficient (Wildman–Crippen LogP) is 2.90. The molecule has 0 aliphatic rings. The van der Waals surface area contributed by atoms with E-state index in [2.05, 4.69) is 37.8 Å². The van der Waals surface area contributed by atoms with Crippen molar-refractivity contribution in [3.05, 3.63) is 23.8 Å². The summed E-state index contributed by atoms with van der Waals surface area (Å²) in [5, 5.41) is 0. The highest BCUT2D eigenvalue weighted by atomic mass is 16.5.